The maximum Gasteiger partial charge on any atom is 0.0112 e. The van der Waals surface area contributed by atoms with Gasteiger partial charge in [-0.1, -0.05) is 13.3 Å². The Bertz CT molecular complexity index is 208. The second-order valence-electron chi connectivity index (χ2n) is 5.80. The number of piperidine rings is 1. The molecule has 1 saturated carbocycles. The molecular weight excluding hydrogens is 210 g/mol. The minimum atomic E-state index is 0.464. The number of unbranched alkanes of at least 4 members (excludes halogenated alkanes) is 1. The molecule has 2 aliphatic rings. The van der Waals surface area contributed by atoms with Crippen molar-refractivity contribution in [2.45, 2.75) is 57.5 Å². The lowest BCUT2D eigenvalue weighted by Gasteiger charge is -2.32. The molecule has 1 aliphatic heterocycles. The smallest absolute Gasteiger partial charge is 0.0112 e. The van der Waals surface area contributed by atoms with Gasteiger partial charge < -0.3 is 10.6 Å². The molecule has 0 amide bonds. The van der Waals surface area contributed by atoms with E-state index < -0.39 is 0 Å². The predicted molar refractivity (Wildman–Crippen MR) is 73.2 cm³/mol. The van der Waals surface area contributed by atoms with Gasteiger partial charge in [-0.05, 0) is 51.7 Å². The van der Waals surface area contributed by atoms with Gasteiger partial charge in [-0.2, -0.15) is 0 Å². The van der Waals surface area contributed by atoms with Crippen molar-refractivity contribution in [3.8, 4) is 0 Å². The average Bonchev–Trinajstić information content (AvgIpc) is 3.16. The van der Waals surface area contributed by atoms with Crippen LogP contribution in [0.2, 0.25) is 0 Å². The highest BCUT2D eigenvalue weighted by molar-refractivity contribution is 4.85. The van der Waals surface area contributed by atoms with Crippen molar-refractivity contribution in [1.82, 2.24) is 9.80 Å². The number of nitrogens with zero attached hydrogens (tertiary/aromatic N) is 2. The number of nitrogens with two attached hydrogens (primary N) is 1. The molecule has 0 aromatic heterocycles. The van der Waals surface area contributed by atoms with E-state index in [2.05, 4.69) is 16.7 Å². The van der Waals surface area contributed by atoms with E-state index in [1.807, 2.05) is 0 Å². The van der Waals surface area contributed by atoms with Gasteiger partial charge in [-0.3, -0.25) is 4.90 Å². The first kappa shape index (κ1) is 13.3. The molecule has 1 heterocycles. The molecule has 0 aromatic carbocycles. The van der Waals surface area contributed by atoms with E-state index in [1.165, 1.54) is 71.2 Å². The monoisotopic (exact) mass is 239 g/mol. The first-order valence-corrected chi connectivity index (χ1v) is 7.51. The summed E-state index contributed by atoms with van der Waals surface area (Å²) in [7, 11) is 0. The van der Waals surface area contributed by atoms with Crippen molar-refractivity contribution in [2.24, 2.45) is 5.73 Å². The summed E-state index contributed by atoms with van der Waals surface area (Å²) in [4.78, 5) is 5.32. The van der Waals surface area contributed by atoms with Gasteiger partial charge in [0.1, 0.15) is 0 Å². The highest BCUT2D eigenvalue weighted by atomic mass is 15.2. The lowest BCUT2D eigenvalue weighted by atomic mass is 10.1. The largest absolute Gasteiger partial charge is 0.328 e. The normalized spacial score (nSPS) is 23.5. The fourth-order valence-electron chi connectivity index (χ4n) is 2.72. The summed E-state index contributed by atoms with van der Waals surface area (Å²) in [6.07, 6.45) is 7.95. The van der Waals surface area contributed by atoms with Crippen LogP contribution in [0.1, 0.15) is 45.4 Å². The van der Waals surface area contributed by atoms with Crippen molar-refractivity contribution in [1.29, 1.82) is 0 Å². The van der Waals surface area contributed by atoms with Crippen molar-refractivity contribution in [2.75, 3.05) is 32.7 Å². The number of hydrogen-bond acceptors (Lipinski definition) is 3. The van der Waals surface area contributed by atoms with E-state index in [-0.39, 0.29) is 0 Å². The second-order valence-corrected chi connectivity index (χ2v) is 5.80. The third kappa shape index (κ3) is 4.57. The first-order valence-electron chi connectivity index (χ1n) is 7.51. The van der Waals surface area contributed by atoms with Crippen LogP contribution in [0.25, 0.3) is 0 Å². The topological polar surface area (TPSA) is 32.5 Å². The Kier molecular flexibility index (Phi) is 5.26. The Balaban J connectivity index is 1.64. The molecule has 0 radical (unpaired) electrons. The summed E-state index contributed by atoms with van der Waals surface area (Å²) in [5.74, 6) is 0. The summed E-state index contributed by atoms with van der Waals surface area (Å²) in [6.45, 7) is 8.57. The number of likely N-dealkylation sites (tertiary alicyclic amines) is 1. The molecule has 0 unspecified atom stereocenters. The summed E-state index contributed by atoms with van der Waals surface area (Å²) < 4.78 is 0. The fraction of sp³-hybridized carbons (Fsp3) is 1.00. The molecule has 100 valence electrons. The van der Waals surface area contributed by atoms with Crippen LogP contribution < -0.4 is 5.73 Å². The Hall–Kier alpha value is -0.120. The molecule has 2 N–H and O–H groups in total. The minimum absolute atomic E-state index is 0.464. The third-order valence-corrected chi connectivity index (χ3v) is 4.20. The van der Waals surface area contributed by atoms with Gasteiger partial charge in [0, 0.05) is 25.2 Å². The van der Waals surface area contributed by atoms with Crippen LogP contribution in [0.15, 0.2) is 0 Å². The average molecular weight is 239 g/mol. The molecule has 0 bridgehead atoms. The van der Waals surface area contributed by atoms with Crippen LogP contribution in [-0.2, 0) is 0 Å². The van der Waals surface area contributed by atoms with E-state index in [4.69, 9.17) is 5.73 Å². The molecule has 1 saturated heterocycles. The van der Waals surface area contributed by atoms with Crippen LogP contribution >= 0.6 is 0 Å². The van der Waals surface area contributed by atoms with Crippen molar-refractivity contribution in [3.63, 3.8) is 0 Å². The molecule has 1 aliphatic carbocycles. The van der Waals surface area contributed by atoms with E-state index in [0.717, 1.165) is 6.04 Å². The van der Waals surface area contributed by atoms with Crippen molar-refractivity contribution < 1.29 is 0 Å². The predicted octanol–water partition coefficient (Wildman–Crippen LogP) is 1.67. The maximum atomic E-state index is 5.94. The van der Waals surface area contributed by atoms with Crippen molar-refractivity contribution >= 4 is 0 Å². The van der Waals surface area contributed by atoms with Crippen LogP contribution in [0.4, 0.5) is 0 Å². The summed E-state index contributed by atoms with van der Waals surface area (Å²) in [5, 5.41) is 0. The number of rotatable bonds is 7. The molecule has 3 heteroatoms. The Morgan fingerprint density at radius 1 is 1.12 bits per heavy atom. The molecule has 0 atom stereocenters. The lowest BCUT2D eigenvalue weighted by Crippen LogP contribution is -2.43. The Morgan fingerprint density at radius 3 is 2.41 bits per heavy atom. The molecule has 0 spiro atoms. The maximum absolute atomic E-state index is 5.94. The first-order chi connectivity index (χ1) is 8.29. The van der Waals surface area contributed by atoms with Crippen LogP contribution in [0, 0.1) is 0 Å². The van der Waals surface area contributed by atoms with Gasteiger partial charge >= 0.3 is 0 Å². The fourth-order valence-corrected chi connectivity index (χ4v) is 2.72. The Morgan fingerprint density at radius 2 is 1.82 bits per heavy atom. The van der Waals surface area contributed by atoms with E-state index in [0.29, 0.717) is 6.04 Å². The molecular formula is C14H29N3. The molecule has 2 rings (SSSR count). The van der Waals surface area contributed by atoms with Crippen molar-refractivity contribution in [3.05, 3.63) is 0 Å². The zero-order chi connectivity index (χ0) is 12.1. The highest BCUT2D eigenvalue weighted by Crippen LogP contribution is 2.26. The highest BCUT2D eigenvalue weighted by Gasteiger charge is 2.28. The third-order valence-electron chi connectivity index (χ3n) is 4.20. The number of hydrogen-bond donors (Lipinski definition) is 1. The SMILES string of the molecule is CCCCN(CCN1CCC(N)CC1)C1CC1. The van der Waals surface area contributed by atoms with E-state index in [1.54, 1.807) is 0 Å². The standard InChI is InChI=1S/C14H29N3/c1-2-3-8-17(14-4-5-14)12-11-16-9-6-13(15)7-10-16/h13-14H,2-12,15H2,1H3. The van der Waals surface area contributed by atoms with Gasteiger partial charge in [0.2, 0.25) is 0 Å². The lowest BCUT2D eigenvalue weighted by molar-refractivity contribution is 0.168. The second kappa shape index (κ2) is 6.72. The molecule has 0 aromatic rings. The molecule has 3 nitrogen and oxygen atoms in total. The Labute approximate surface area is 106 Å². The zero-order valence-electron chi connectivity index (χ0n) is 11.4. The summed E-state index contributed by atoms with van der Waals surface area (Å²) >= 11 is 0. The van der Waals surface area contributed by atoms with Gasteiger partial charge in [-0.25, -0.2) is 0 Å². The van der Waals surface area contributed by atoms with Gasteiger partial charge in [0.15, 0.2) is 0 Å². The quantitative estimate of drug-likeness (QED) is 0.733. The van der Waals surface area contributed by atoms with E-state index >= 15 is 0 Å². The van der Waals surface area contributed by atoms with Gasteiger partial charge in [0.05, 0.1) is 0 Å². The summed E-state index contributed by atoms with van der Waals surface area (Å²) in [5.41, 5.74) is 5.94. The van der Waals surface area contributed by atoms with Gasteiger partial charge in [-0.15, -0.1) is 0 Å². The zero-order valence-corrected chi connectivity index (χ0v) is 11.4. The molecule has 2 fully saturated rings. The molecule has 17 heavy (non-hydrogen) atoms. The van der Waals surface area contributed by atoms with Crippen LogP contribution in [-0.4, -0.2) is 54.6 Å². The minimum Gasteiger partial charge on any atom is -0.328 e. The van der Waals surface area contributed by atoms with Gasteiger partial charge in [0.25, 0.3) is 0 Å². The summed E-state index contributed by atoms with van der Waals surface area (Å²) in [6, 6.07) is 1.39. The van der Waals surface area contributed by atoms with Crippen LogP contribution in [0.3, 0.4) is 0 Å². The van der Waals surface area contributed by atoms with E-state index in [9.17, 15) is 0 Å². The van der Waals surface area contributed by atoms with Crippen LogP contribution in [0.5, 0.6) is 0 Å².